The van der Waals surface area contributed by atoms with Crippen LogP contribution in [0.3, 0.4) is 0 Å². The van der Waals surface area contributed by atoms with Gasteiger partial charge in [-0.1, -0.05) is 11.6 Å². The van der Waals surface area contributed by atoms with Crippen LogP contribution in [0.4, 0.5) is 21.2 Å². The molecule has 9 heteroatoms. The van der Waals surface area contributed by atoms with Crippen LogP contribution in [0.25, 0.3) is 0 Å². The predicted molar refractivity (Wildman–Crippen MR) is 96.3 cm³/mol. The van der Waals surface area contributed by atoms with E-state index in [9.17, 15) is 9.18 Å². The number of hydrogen-bond acceptors (Lipinski definition) is 6. The molecule has 3 rings (SSSR count). The predicted octanol–water partition coefficient (Wildman–Crippen LogP) is 4.34. The Morgan fingerprint density at radius 1 is 1.16 bits per heavy atom. The van der Waals surface area contributed by atoms with Gasteiger partial charge in [0.2, 0.25) is 5.95 Å². The second-order valence-electron chi connectivity index (χ2n) is 5.22. The zero-order chi connectivity index (χ0) is 18.0. The molecule has 0 fully saturated rings. The van der Waals surface area contributed by atoms with Gasteiger partial charge in [0.05, 0.1) is 5.02 Å². The maximum atomic E-state index is 13.2. The molecule has 0 atom stereocenters. The van der Waals surface area contributed by atoms with Crippen molar-refractivity contribution in [2.45, 2.75) is 13.8 Å². The van der Waals surface area contributed by atoms with Gasteiger partial charge in [0.25, 0.3) is 5.91 Å². The van der Waals surface area contributed by atoms with Crippen LogP contribution in [0, 0.1) is 19.7 Å². The fourth-order valence-electron chi connectivity index (χ4n) is 2.08. The summed E-state index contributed by atoms with van der Waals surface area (Å²) in [4.78, 5) is 25.0. The molecule has 0 radical (unpaired) electrons. The number of halogens is 2. The molecule has 1 amide bonds. The molecule has 1 aromatic carbocycles. The van der Waals surface area contributed by atoms with Gasteiger partial charge in [-0.2, -0.15) is 0 Å². The minimum absolute atomic E-state index is 0.0644. The van der Waals surface area contributed by atoms with Crippen molar-refractivity contribution in [2.24, 2.45) is 0 Å². The number of benzene rings is 1. The van der Waals surface area contributed by atoms with E-state index in [-0.39, 0.29) is 10.7 Å². The van der Waals surface area contributed by atoms with Gasteiger partial charge in [0.15, 0.2) is 5.13 Å². The van der Waals surface area contributed by atoms with Crippen LogP contribution in [0.1, 0.15) is 21.9 Å². The van der Waals surface area contributed by atoms with E-state index in [0.717, 1.165) is 11.4 Å². The van der Waals surface area contributed by atoms with Crippen molar-refractivity contribution in [2.75, 3.05) is 10.6 Å². The Morgan fingerprint density at radius 3 is 2.56 bits per heavy atom. The summed E-state index contributed by atoms with van der Waals surface area (Å²) in [6.07, 6.45) is 0. The van der Waals surface area contributed by atoms with E-state index in [1.165, 1.54) is 29.5 Å². The van der Waals surface area contributed by atoms with Gasteiger partial charge in [-0.15, -0.1) is 11.3 Å². The molecule has 0 bridgehead atoms. The van der Waals surface area contributed by atoms with E-state index in [1.807, 2.05) is 19.9 Å². The number of thiazole rings is 1. The van der Waals surface area contributed by atoms with Crippen molar-refractivity contribution in [3.05, 3.63) is 57.6 Å². The van der Waals surface area contributed by atoms with E-state index in [0.29, 0.717) is 16.8 Å². The number of nitrogens with one attached hydrogen (secondary N) is 2. The number of aryl methyl sites for hydroxylation is 2. The highest BCUT2D eigenvalue weighted by molar-refractivity contribution is 7.14. The monoisotopic (exact) mass is 377 g/mol. The first kappa shape index (κ1) is 17.2. The minimum atomic E-state index is -0.548. The van der Waals surface area contributed by atoms with Gasteiger partial charge in [0.1, 0.15) is 11.5 Å². The van der Waals surface area contributed by atoms with E-state index in [1.54, 1.807) is 5.38 Å². The van der Waals surface area contributed by atoms with E-state index < -0.39 is 11.7 Å². The molecule has 2 heterocycles. The highest BCUT2D eigenvalue weighted by Crippen LogP contribution is 2.22. The summed E-state index contributed by atoms with van der Waals surface area (Å²) < 4.78 is 13.2. The fraction of sp³-hybridized carbons (Fsp3) is 0.125. The van der Waals surface area contributed by atoms with Crippen molar-refractivity contribution in [3.8, 4) is 0 Å². The summed E-state index contributed by atoms with van der Waals surface area (Å²) in [5, 5.41) is 7.62. The average Bonchev–Trinajstić information content (AvgIpc) is 2.98. The minimum Gasteiger partial charge on any atom is -0.321 e. The molecule has 25 heavy (non-hydrogen) atoms. The molecular weight excluding hydrogens is 365 g/mol. The first-order valence-corrected chi connectivity index (χ1v) is 8.48. The van der Waals surface area contributed by atoms with Crippen molar-refractivity contribution in [1.29, 1.82) is 0 Å². The van der Waals surface area contributed by atoms with Crippen LogP contribution in [-0.2, 0) is 0 Å². The molecule has 0 saturated carbocycles. The Kier molecular flexibility index (Phi) is 4.91. The van der Waals surface area contributed by atoms with E-state index >= 15 is 0 Å². The molecule has 3 aromatic rings. The zero-order valence-electron chi connectivity index (χ0n) is 13.3. The number of rotatable bonds is 4. The summed E-state index contributed by atoms with van der Waals surface area (Å²) in [5.74, 6) is -0.550. The molecular formula is C16H13ClFN5OS. The lowest BCUT2D eigenvalue weighted by Crippen LogP contribution is -2.12. The second kappa shape index (κ2) is 7.12. The second-order valence-corrected chi connectivity index (χ2v) is 6.49. The van der Waals surface area contributed by atoms with Crippen LogP contribution >= 0.6 is 22.9 Å². The highest BCUT2D eigenvalue weighted by atomic mass is 35.5. The van der Waals surface area contributed by atoms with Gasteiger partial charge < -0.3 is 10.6 Å². The van der Waals surface area contributed by atoms with Gasteiger partial charge >= 0.3 is 0 Å². The average molecular weight is 378 g/mol. The van der Waals surface area contributed by atoms with Crippen LogP contribution in [0.15, 0.2) is 29.6 Å². The highest BCUT2D eigenvalue weighted by Gasteiger charge is 2.13. The molecule has 0 aliphatic heterocycles. The van der Waals surface area contributed by atoms with Gasteiger partial charge in [-0.25, -0.2) is 19.3 Å². The Hall–Kier alpha value is -2.58. The van der Waals surface area contributed by atoms with Gasteiger partial charge in [0, 0.05) is 22.5 Å². The number of amides is 1. The molecule has 0 aliphatic rings. The quantitative estimate of drug-likeness (QED) is 0.707. The van der Waals surface area contributed by atoms with E-state index in [2.05, 4.69) is 25.6 Å². The van der Waals surface area contributed by atoms with Crippen molar-refractivity contribution in [3.63, 3.8) is 0 Å². The van der Waals surface area contributed by atoms with Gasteiger partial charge in [-0.3, -0.25) is 4.79 Å². The largest absolute Gasteiger partial charge is 0.321 e. The third kappa shape index (κ3) is 4.28. The Morgan fingerprint density at radius 2 is 1.88 bits per heavy atom. The summed E-state index contributed by atoms with van der Waals surface area (Å²) in [6.45, 7) is 3.74. The molecule has 0 spiro atoms. The number of nitrogens with zero attached hydrogens (tertiary/aromatic N) is 3. The number of carbonyl (C=O) groups is 1. The number of anilines is 3. The third-order valence-corrected chi connectivity index (χ3v) is 4.16. The van der Waals surface area contributed by atoms with Gasteiger partial charge in [-0.05, 0) is 38.1 Å². The van der Waals surface area contributed by atoms with Crippen molar-refractivity contribution in [1.82, 2.24) is 15.0 Å². The van der Waals surface area contributed by atoms with Crippen molar-refractivity contribution < 1.29 is 9.18 Å². The standard InChI is InChI=1S/C16H13ClFN5OS/c1-8-5-9(2)20-15(19-8)23-16-22-13(7-25-16)14(24)21-10-3-4-12(18)11(17)6-10/h3-7H,1-2H3,(H,21,24)(H,19,20,22,23). The Bertz CT molecular complexity index is 926. The van der Waals surface area contributed by atoms with Crippen molar-refractivity contribution >= 4 is 45.6 Å². The van der Waals surface area contributed by atoms with Crippen LogP contribution in [-0.4, -0.2) is 20.9 Å². The first-order valence-electron chi connectivity index (χ1n) is 7.22. The summed E-state index contributed by atoms with van der Waals surface area (Å²) >= 11 is 6.95. The Balaban J connectivity index is 1.71. The van der Waals surface area contributed by atoms with Crippen LogP contribution in [0.2, 0.25) is 5.02 Å². The molecule has 6 nitrogen and oxygen atoms in total. The molecule has 2 N–H and O–H groups in total. The summed E-state index contributed by atoms with van der Waals surface area (Å²) in [5.41, 5.74) is 2.27. The fourth-order valence-corrected chi connectivity index (χ4v) is 2.95. The lowest BCUT2D eigenvalue weighted by atomic mass is 10.3. The molecule has 0 aliphatic carbocycles. The lowest BCUT2D eigenvalue weighted by molar-refractivity contribution is 0.102. The SMILES string of the molecule is Cc1cc(C)nc(Nc2nc(C(=O)Nc3ccc(F)c(Cl)c3)cs2)n1. The summed E-state index contributed by atoms with van der Waals surface area (Å²) in [6, 6.07) is 5.81. The third-order valence-electron chi connectivity index (χ3n) is 3.12. The molecule has 0 unspecified atom stereocenters. The molecule has 2 aromatic heterocycles. The number of carbonyl (C=O) groups excluding carboxylic acids is 1. The normalized spacial score (nSPS) is 10.6. The molecule has 0 saturated heterocycles. The topological polar surface area (TPSA) is 79.8 Å². The summed E-state index contributed by atoms with van der Waals surface area (Å²) in [7, 11) is 0. The Labute approximate surface area is 152 Å². The smallest absolute Gasteiger partial charge is 0.275 e. The maximum Gasteiger partial charge on any atom is 0.275 e. The lowest BCUT2D eigenvalue weighted by Gasteiger charge is -2.04. The van der Waals surface area contributed by atoms with E-state index in [4.69, 9.17) is 11.6 Å². The number of aromatic nitrogens is 3. The first-order chi connectivity index (χ1) is 11.9. The molecule has 128 valence electrons. The van der Waals surface area contributed by atoms with Crippen LogP contribution < -0.4 is 10.6 Å². The zero-order valence-corrected chi connectivity index (χ0v) is 14.9. The number of hydrogen-bond donors (Lipinski definition) is 2. The maximum absolute atomic E-state index is 13.2. The van der Waals surface area contributed by atoms with Crippen LogP contribution in [0.5, 0.6) is 0 Å².